The third-order valence-corrected chi connectivity index (χ3v) is 3.62. The van der Waals surface area contributed by atoms with E-state index in [1.165, 1.54) is 0 Å². The Balaban J connectivity index is 1.56. The summed E-state index contributed by atoms with van der Waals surface area (Å²) >= 11 is 5.82. The first kappa shape index (κ1) is 15.4. The van der Waals surface area contributed by atoms with E-state index in [0.717, 1.165) is 11.0 Å². The first-order valence-corrected chi connectivity index (χ1v) is 7.63. The lowest BCUT2D eigenvalue weighted by molar-refractivity contribution is -0.127. The van der Waals surface area contributed by atoms with E-state index in [-0.39, 0.29) is 5.91 Å². The molecule has 0 saturated heterocycles. The zero-order valence-electron chi connectivity index (χ0n) is 12.5. The van der Waals surface area contributed by atoms with Crippen LogP contribution < -0.4 is 10.1 Å². The molecule has 1 atom stereocenters. The molecule has 1 amide bonds. The van der Waals surface area contributed by atoms with Crippen LogP contribution in [0.5, 0.6) is 5.75 Å². The zero-order valence-corrected chi connectivity index (χ0v) is 13.3. The highest BCUT2D eigenvalue weighted by molar-refractivity contribution is 6.30. The summed E-state index contributed by atoms with van der Waals surface area (Å²) in [5.74, 6) is 1.10. The number of benzene rings is 2. The summed E-state index contributed by atoms with van der Waals surface area (Å²) in [6, 6.07) is 14.6. The Morgan fingerprint density at radius 3 is 2.74 bits per heavy atom. The molecule has 3 rings (SSSR count). The van der Waals surface area contributed by atoms with Crippen molar-refractivity contribution in [3.05, 3.63) is 59.4 Å². The number of imidazole rings is 1. The quantitative estimate of drug-likeness (QED) is 0.754. The smallest absolute Gasteiger partial charge is 0.261 e. The van der Waals surface area contributed by atoms with E-state index in [9.17, 15) is 4.79 Å². The van der Waals surface area contributed by atoms with Gasteiger partial charge in [-0.1, -0.05) is 23.7 Å². The Morgan fingerprint density at radius 1 is 1.26 bits per heavy atom. The van der Waals surface area contributed by atoms with Gasteiger partial charge in [-0.05, 0) is 43.3 Å². The van der Waals surface area contributed by atoms with Gasteiger partial charge in [-0.2, -0.15) is 0 Å². The van der Waals surface area contributed by atoms with Gasteiger partial charge in [0.05, 0.1) is 17.6 Å². The molecule has 0 aliphatic carbocycles. The Hall–Kier alpha value is -2.53. The van der Waals surface area contributed by atoms with E-state index in [0.29, 0.717) is 23.1 Å². The monoisotopic (exact) mass is 329 g/mol. The highest BCUT2D eigenvalue weighted by Gasteiger charge is 2.15. The van der Waals surface area contributed by atoms with Gasteiger partial charge in [0.15, 0.2) is 6.10 Å². The lowest BCUT2D eigenvalue weighted by Crippen LogP contribution is -2.36. The highest BCUT2D eigenvalue weighted by atomic mass is 35.5. The molecule has 0 bridgehead atoms. The number of aromatic nitrogens is 2. The predicted octanol–water partition coefficient (Wildman–Crippen LogP) is 3.30. The number of para-hydroxylation sites is 2. The van der Waals surface area contributed by atoms with Gasteiger partial charge in [0.25, 0.3) is 5.91 Å². The summed E-state index contributed by atoms with van der Waals surface area (Å²) in [6.45, 7) is 2.02. The van der Waals surface area contributed by atoms with Gasteiger partial charge in [0.1, 0.15) is 11.6 Å². The number of carbonyl (C=O) groups is 1. The van der Waals surface area contributed by atoms with Crippen LogP contribution in [0.2, 0.25) is 5.02 Å². The maximum absolute atomic E-state index is 12.1. The van der Waals surface area contributed by atoms with Crippen LogP contribution in [0.25, 0.3) is 11.0 Å². The number of aromatic amines is 1. The summed E-state index contributed by atoms with van der Waals surface area (Å²) in [4.78, 5) is 19.7. The van der Waals surface area contributed by atoms with Gasteiger partial charge in [-0.25, -0.2) is 4.98 Å². The molecule has 0 saturated carbocycles. The standard InChI is InChI=1S/C17H16ClN3O2/c1-11(23-13-8-6-12(18)7-9-13)17(22)19-10-16-20-14-4-2-3-5-15(14)21-16/h2-9,11H,10H2,1H3,(H,19,22)(H,20,21). The minimum atomic E-state index is -0.611. The second-order valence-electron chi connectivity index (χ2n) is 5.13. The molecule has 2 aromatic carbocycles. The maximum Gasteiger partial charge on any atom is 0.261 e. The fraction of sp³-hybridized carbons (Fsp3) is 0.176. The van der Waals surface area contributed by atoms with Gasteiger partial charge in [-0.3, -0.25) is 4.79 Å². The van der Waals surface area contributed by atoms with Crippen molar-refractivity contribution in [3.8, 4) is 5.75 Å². The summed E-state index contributed by atoms with van der Waals surface area (Å²) in [7, 11) is 0. The Morgan fingerprint density at radius 2 is 2.00 bits per heavy atom. The van der Waals surface area contributed by atoms with Crippen molar-refractivity contribution in [1.29, 1.82) is 0 Å². The van der Waals surface area contributed by atoms with Crippen molar-refractivity contribution in [2.75, 3.05) is 0 Å². The maximum atomic E-state index is 12.1. The van der Waals surface area contributed by atoms with Gasteiger partial charge < -0.3 is 15.0 Å². The van der Waals surface area contributed by atoms with Crippen molar-refractivity contribution in [2.45, 2.75) is 19.6 Å². The SMILES string of the molecule is CC(Oc1ccc(Cl)cc1)C(=O)NCc1nc2ccccc2[nH]1. The van der Waals surface area contributed by atoms with E-state index in [4.69, 9.17) is 16.3 Å². The van der Waals surface area contributed by atoms with Gasteiger partial charge in [-0.15, -0.1) is 0 Å². The lowest BCUT2D eigenvalue weighted by atomic mass is 10.3. The number of ether oxygens (including phenoxy) is 1. The summed E-state index contributed by atoms with van der Waals surface area (Å²) < 4.78 is 5.58. The van der Waals surface area contributed by atoms with Crippen LogP contribution in [0.1, 0.15) is 12.7 Å². The molecular formula is C17H16ClN3O2. The molecular weight excluding hydrogens is 314 g/mol. The van der Waals surface area contributed by atoms with Gasteiger partial charge >= 0.3 is 0 Å². The van der Waals surface area contributed by atoms with E-state index < -0.39 is 6.10 Å². The lowest BCUT2D eigenvalue weighted by Gasteiger charge is -2.14. The van der Waals surface area contributed by atoms with E-state index in [2.05, 4.69) is 15.3 Å². The molecule has 118 valence electrons. The number of fused-ring (bicyclic) bond motifs is 1. The molecule has 0 aliphatic rings. The van der Waals surface area contributed by atoms with Crippen LogP contribution >= 0.6 is 11.6 Å². The first-order valence-electron chi connectivity index (χ1n) is 7.25. The fourth-order valence-electron chi connectivity index (χ4n) is 2.17. The average Bonchev–Trinajstić information content (AvgIpc) is 2.97. The molecule has 2 N–H and O–H groups in total. The third-order valence-electron chi connectivity index (χ3n) is 3.36. The van der Waals surface area contributed by atoms with Gasteiger partial charge in [0.2, 0.25) is 0 Å². The minimum Gasteiger partial charge on any atom is -0.481 e. The topological polar surface area (TPSA) is 67.0 Å². The van der Waals surface area contributed by atoms with E-state index in [1.807, 2.05) is 24.3 Å². The number of rotatable bonds is 5. The summed E-state index contributed by atoms with van der Waals surface area (Å²) in [6.07, 6.45) is -0.611. The number of nitrogens with zero attached hydrogens (tertiary/aromatic N) is 1. The predicted molar refractivity (Wildman–Crippen MR) is 89.5 cm³/mol. The summed E-state index contributed by atoms with van der Waals surface area (Å²) in [5.41, 5.74) is 1.82. The van der Waals surface area contributed by atoms with Gasteiger partial charge in [0, 0.05) is 5.02 Å². The third kappa shape index (κ3) is 3.81. The van der Waals surface area contributed by atoms with Crippen molar-refractivity contribution in [3.63, 3.8) is 0 Å². The molecule has 0 spiro atoms. The number of carbonyl (C=O) groups excluding carboxylic acids is 1. The number of H-pyrrole nitrogens is 1. The summed E-state index contributed by atoms with van der Waals surface area (Å²) in [5, 5.41) is 3.43. The number of nitrogens with one attached hydrogen (secondary N) is 2. The molecule has 23 heavy (non-hydrogen) atoms. The van der Waals surface area contributed by atoms with Crippen LogP contribution in [0.4, 0.5) is 0 Å². The second kappa shape index (κ2) is 6.71. The molecule has 6 heteroatoms. The fourth-order valence-corrected chi connectivity index (χ4v) is 2.30. The Labute approximate surface area is 138 Å². The molecule has 3 aromatic rings. The molecule has 5 nitrogen and oxygen atoms in total. The second-order valence-corrected chi connectivity index (χ2v) is 5.57. The van der Waals surface area contributed by atoms with E-state index >= 15 is 0 Å². The molecule has 0 fully saturated rings. The molecule has 1 unspecified atom stereocenters. The van der Waals surface area contributed by atoms with Crippen molar-refractivity contribution >= 4 is 28.5 Å². The van der Waals surface area contributed by atoms with Crippen molar-refractivity contribution < 1.29 is 9.53 Å². The normalized spacial score (nSPS) is 12.1. The van der Waals surface area contributed by atoms with Crippen LogP contribution in [-0.2, 0) is 11.3 Å². The molecule has 0 radical (unpaired) electrons. The minimum absolute atomic E-state index is 0.208. The Bertz CT molecular complexity index is 781. The van der Waals surface area contributed by atoms with Crippen LogP contribution in [-0.4, -0.2) is 22.0 Å². The van der Waals surface area contributed by atoms with E-state index in [1.54, 1.807) is 31.2 Å². The van der Waals surface area contributed by atoms with Crippen molar-refractivity contribution in [1.82, 2.24) is 15.3 Å². The zero-order chi connectivity index (χ0) is 16.2. The number of hydrogen-bond acceptors (Lipinski definition) is 3. The van der Waals surface area contributed by atoms with Crippen molar-refractivity contribution in [2.24, 2.45) is 0 Å². The number of halogens is 1. The largest absolute Gasteiger partial charge is 0.481 e. The molecule has 1 heterocycles. The average molecular weight is 330 g/mol. The number of amides is 1. The first-order chi connectivity index (χ1) is 11.1. The van der Waals surface area contributed by atoms with Crippen LogP contribution in [0, 0.1) is 0 Å². The Kier molecular flexibility index (Phi) is 4.48. The van der Waals surface area contributed by atoms with Crippen LogP contribution in [0.3, 0.4) is 0 Å². The highest BCUT2D eigenvalue weighted by Crippen LogP contribution is 2.17. The van der Waals surface area contributed by atoms with Crippen LogP contribution in [0.15, 0.2) is 48.5 Å². The molecule has 1 aromatic heterocycles. The number of hydrogen-bond donors (Lipinski definition) is 2. The molecule has 0 aliphatic heterocycles.